The van der Waals surface area contributed by atoms with E-state index in [0.717, 1.165) is 0 Å². The normalized spacial score (nSPS) is 1.25. The van der Waals surface area contributed by atoms with Crippen molar-refractivity contribution < 1.29 is 74.6 Å². The Bertz CT molecular complexity index is 6.00. The molecular weight excluding hydrogens is 389 g/mol. The Morgan fingerprint density at radius 3 is 1.25 bits per heavy atom. The molecule has 0 heterocycles. The van der Waals surface area contributed by atoms with Crippen LogP contribution in [0, 0.1) is 0 Å². The Morgan fingerprint density at radius 2 is 1.25 bits per heavy atom. The molecule has 0 spiro atoms. The fourth-order valence-corrected chi connectivity index (χ4v) is 0. The van der Waals surface area contributed by atoms with Crippen LogP contribution in [-0.4, -0.2) is 0 Å². The topological polar surface area (TPSA) is 0 Å². The molecule has 0 fully saturated rings. The third-order valence-corrected chi connectivity index (χ3v) is 0. The predicted octanol–water partition coefficient (Wildman–Crippen LogP) is -0.0100. The van der Waals surface area contributed by atoms with E-state index in [1.165, 1.54) is 0 Å². The van der Waals surface area contributed by atoms with Gasteiger partial charge in [0.1, 0.15) is 0 Å². The molecule has 0 N–H and O–H groups in total. The van der Waals surface area contributed by atoms with Crippen LogP contribution in [0.15, 0.2) is 0 Å². The summed E-state index contributed by atoms with van der Waals surface area (Å²) in [5.41, 5.74) is 0. The van der Waals surface area contributed by atoms with E-state index >= 15 is 0 Å². The van der Waals surface area contributed by atoms with Crippen molar-refractivity contribution in [3.05, 3.63) is 0 Å². The molecule has 0 rings (SSSR count). The van der Waals surface area contributed by atoms with Crippen LogP contribution in [0.1, 0.15) is 0 Å². The molecule has 0 nitrogen and oxygen atoms in total. The average molecular weight is 389 g/mol. The van der Waals surface area contributed by atoms with E-state index in [0.29, 0.717) is 0 Å². The van der Waals surface area contributed by atoms with Gasteiger partial charge in [-0.25, -0.2) is 0 Å². The third kappa shape index (κ3) is 8.83. The van der Waals surface area contributed by atoms with Crippen molar-refractivity contribution in [1.82, 2.24) is 0 Å². The second kappa shape index (κ2) is 17.3. The second-order valence-corrected chi connectivity index (χ2v) is 0. The van der Waals surface area contributed by atoms with Gasteiger partial charge in [-0.2, -0.15) is 0 Å². The first-order valence-electron chi connectivity index (χ1n) is 0.167. The van der Waals surface area contributed by atoms with E-state index in [2.05, 4.69) is 0 Å². The standard InChI is InChI=1S/Ir.Ru.2Ti. The first-order chi connectivity index (χ1) is 1.00. The molecular formula is IrRuTi2. The summed E-state index contributed by atoms with van der Waals surface area (Å²) < 4.78 is 0. The van der Waals surface area contributed by atoms with Gasteiger partial charge in [0.2, 0.25) is 0 Å². The van der Waals surface area contributed by atoms with E-state index in [4.69, 9.17) is 0 Å². The van der Waals surface area contributed by atoms with Crippen molar-refractivity contribution in [3.8, 4) is 0 Å². The molecule has 4 heteroatoms. The Morgan fingerprint density at radius 1 is 1.25 bits per heavy atom. The summed E-state index contributed by atoms with van der Waals surface area (Å²) in [5.74, 6) is 0. The van der Waals surface area contributed by atoms with Crippen molar-refractivity contribution in [2.75, 3.05) is 0 Å². The Labute approximate surface area is 73.4 Å². The van der Waals surface area contributed by atoms with E-state index in [1.807, 2.05) is 33.4 Å². The monoisotopic (exact) mass is 391 g/mol. The molecule has 0 aliphatic heterocycles. The Hall–Kier alpha value is 2.70. The molecule has 0 saturated carbocycles. The van der Waals surface area contributed by atoms with Crippen LogP contribution in [0.3, 0.4) is 0 Å². The molecule has 0 aromatic heterocycles. The molecule has 0 amide bonds. The quantitative estimate of drug-likeness (QED) is 0.512. The zero-order chi connectivity index (χ0) is 2.00. The van der Waals surface area contributed by atoms with Gasteiger partial charge in [-0.05, 0) is 0 Å². The number of hydrogen-bond donors (Lipinski definition) is 0. The molecule has 0 unspecified atom stereocenters. The molecule has 0 atom stereocenters. The van der Waals surface area contributed by atoms with Crippen molar-refractivity contribution >= 4 is 0 Å². The summed E-state index contributed by atoms with van der Waals surface area (Å²) in [5, 5.41) is 0. The molecule has 0 aromatic carbocycles. The summed E-state index contributed by atoms with van der Waals surface area (Å²) in [4.78, 5) is 0. The van der Waals surface area contributed by atoms with Gasteiger partial charge in [-0.3, -0.25) is 0 Å². The summed E-state index contributed by atoms with van der Waals surface area (Å²) >= 11 is 4.00. The van der Waals surface area contributed by atoms with Crippen LogP contribution >= 0.6 is 0 Å². The maximum absolute atomic E-state index is 2.00. The van der Waals surface area contributed by atoms with E-state index in [1.54, 1.807) is 0 Å². The third-order valence-electron chi connectivity index (χ3n) is 0. The molecule has 0 aliphatic rings. The van der Waals surface area contributed by atoms with Crippen LogP contribution in [0.4, 0.5) is 0 Å². The zero-order valence-electron chi connectivity index (χ0n) is 1.69. The van der Waals surface area contributed by atoms with Gasteiger partial charge >= 0.3 is 33.4 Å². The van der Waals surface area contributed by atoms with E-state index < -0.39 is 0 Å². The van der Waals surface area contributed by atoms with Crippen molar-refractivity contribution in [2.45, 2.75) is 0 Å². The van der Waals surface area contributed by atoms with E-state index in [9.17, 15) is 0 Å². The van der Waals surface area contributed by atoms with Gasteiger partial charge in [0.15, 0.2) is 0 Å². The summed E-state index contributed by atoms with van der Waals surface area (Å²) in [7, 11) is 0. The van der Waals surface area contributed by atoms with Crippen LogP contribution in [-0.2, 0) is 74.6 Å². The van der Waals surface area contributed by atoms with Crippen molar-refractivity contribution in [3.63, 3.8) is 0 Å². The van der Waals surface area contributed by atoms with E-state index in [-0.39, 0.29) is 41.2 Å². The average Bonchev–Trinajstić information content (AvgIpc) is 1.00. The van der Waals surface area contributed by atoms with Gasteiger partial charge in [0.25, 0.3) is 0 Å². The molecule has 25 valence electrons. The maximum atomic E-state index is 2.00. The van der Waals surface area contributed by atoms with Gasteiger partial charge in [0, 0.05) is 41.2 Å². The zero-order valence-corrected chi connectivity index (χ0v) is 8.94. The fraction of sp³-hybridized carbons (Fsp3) is 0. The van der Waals surface area contributed by atoms with Gasteiger partial charge < -0.3 is 0 Å². The van der Waals surface area contributed by atoms with Gasteiger partial charge in [-0.15, -0.1) is 0 Å². The minimum absolute atomic E-state index is 0. The Balaban J connectivity index is -0.00000000500. The molecule has 0 aliphatic carbocycles. The van der Waals surface area contributed by atoms with Crippen LogP contribution in [0.5, 0.6) is 0 Å². The van der Waals surface area contributed by atoms with Crippen LogP contribution in [0.25, 0.3) is 0 Å². The molecule has 4 heavy (non-hydrogen) atoms. The second-order valence-electron chi connectivity index (χ2n) is 0. The van der Waals surface area contributed by atoms with Gasteiger partial charge in [-0.1, -0.05) is 0 Å². The SMILES string of the molecule is [Ru].[Ti].[Ti][Ir]. The van der Waals surface area contributed by atoms with Crippen LogP contribution < -0.4 is 0 Å². The first-order valence-corrected chi connectivity index (χ1v) is 5.62. The molecule has 0 radical (unpaired) electrons. The van der Waals surface area contributed by atoms with Gasteiger partial charge in [0.05, 0.1) is 0 Å². The summed E-state index contributed by atoms with van der Waals surface area (Å²) in [6.45, 7) is 0. The predicted molar refractivity (Wildman–Crippen MR) is 0 cm³/mol. The molecule has 0 bridgehead atoms. The first kappa shape index (κ1) is 15.9. The summed E-state index contributed by atoms with van der Waals surface area (Å²) in [6.07, 6.45) is 0. The fourth-order valence-electron chi connectivity index (χ4n) is 0. The van der Waals surface area contributed by atoms with Crippen molar-refractivity contribution in [2.24, 2.45) is 0 Å². The molecule has 0 aromatic rings. The van der Waals surface area contributed by atoms with Crippen molar-refractivity contribution in [1.29, 1.82) is 0 Å². The minimum atomic E-state index is 0. The Kier molecular flexibility index (Phi) is 68.6. The molecule has 0 saturated heterocycles. The number of hydrogen-bond acceptors (Lipinski definition) is 0. The number of rotatable bonds is 0. The summed E-state index contributed by atoms with van der Waals surface area (Å²) in [6, 6.07) is 0. The van der Waals surface area contributed by atoms with Crippen LogP contribution in [0.2, 0.25) is 0 Å².